The molecule has 1 heterocycles. The van der Waals surface area contributed by atoms with Crippen molar-refractivity contribution in [1.82, 2.24) is 9.55 Å². The zero-order valence-corrected chi connectivity index (χ0v) is 12.7. The Labute approximate surface area is 123 Å². The van der Waals surface area contributed by atoms with Crippen LogP contribution in [0.3, 0.4) is 0 Å². The van der Waals surface area contributed by atoms with Gasteiger partial charge in [-0.05, 0) is 30.9 Å². The van der Waals surface area contributed by atoms with Crippen LogP contribution in [-0.4, -0.2) is 15.3 Å². The van der Waals surface area contributed by atoms with Crippen LogP contribution in [0.2, 0.25) is 0 Å². The number of fused-ring (bicyclic) bond motifs is 1. The maximum absolute atomic E-state index is 12.3. The summed E-state index contributed by atoms with van der Waals surface area (Å²) >= 11 is 1.73. The average Bonchev–Trinajstić information content (AvgIpc) is 2.50. The van der Waals surface area contributed by atoms with Crippen LogP contribution in [0.4, 0.5) is 0 Å². The molecule has 0 aliphatic heterocycles. The molecule has 1 aliphatic rings. The smallest absolute Gasteiger partial charge is 0.261 e. The molecule has 0 bridgehead atoms. The van der Waals surface area contributed by atoms with Gasteiger partial charge in [-0.2, -0.15) is 0 Å². The van der Waals surface area contributed by atoms with E-state index in [2.05, 4.69) is 4.98 Å². The molecule has 2 aromatic rings. The molecule has 0 atom stereocenters. The third-order valence-corrected chi connectivity index (χ3v) is 5.38. The summed E-state index contributed by atoms with van der Waals surface area (Å²) in [6, 6.07) is 7.59. The van der Waals surface area contributed by atoms with E-state index in [0.29, 0.717) is 5.39 Å². The summed E-state index contributed by atoms with van der Waals surface area (Å²) in [7, 11) is 1.82. The van der Waals surface area contributed by atoms with E-state index in [1.165, 1.54) is 32.1 Å². The molecule has 1 aromatic heterocycles. The summed E-state index contributed by atoms with van der Waals surface area (Å²) in [6.45, 7) is 0. The number of para-hydroxylation sites is 1. The van der Waals surface area contributed by atoms with Crippen molar-refractivity contribution in [2.75, 3.05) is 5.75 Å². The number of aromatic nitrogens is 2. The van der Waals surface area contributed by atoms with E-state index < -0.39 is 0 Å². The van der Waals surface area contributed by atoms with Gasteiger partial charge >= 0.3 is 0 Å². The van der Waals surface area contributed by atoms with Crippen LogP contribution in [0.25, 0.3) is 10.9 Å². The second-order valence-electron chi connectivity index (χ2n) is 5.59. The molecule has 1 fully saturated rings. The fraction of sp³-hybridized carbons (Fsp3) is 0.500. The monoisotopic (exact) mass is 288 g/mol. The van der Waals surface area contributed by atoms with Gasteiger partial charge in [0.2, 0.25) is 0 Å². The lowest BCUT2D eigenvalue weighted by atomic mass is 9.91. The minimum absolute atomic E-state index is 0.0572. The van der Waals surface area contributed by atoms with Crippen molar-refractivity contribution in [1.29, 1.82) is 0 Å². The minimum atomic E-state index is 0.0572. The predicted molar refractivity (Wildman–Crippen MR) is 84.3 cm³/mol. The Balaban J connectivity index is 1.84. The van der Waals surface area contributed by atoms with Crippen molar-refractivity contribution in [3.63, 3.8) is 0 Å². The quantitative estimate of drug-likeness (QED) is 0.639. The predicted octanol–water partition coefficient (Wildman–Crippen LogP) is 3.61. The Kier molecular flexibility index (Phi) is 4.10. The molecular formula is C16H20N2OS. The van der Waals surface area contributed by atoms with Gasteiger partial charge in [0.25, 0.3) is 5.56 Å². The summed E-state index contributed by atoms with van der Waals surface area (Å²) < 4.78 is 1.69. The average molecular weight is 288 g/mol. The first-order valence-corrected chi connectivity index (χ1v) is 8.33. The molecular weight excluding hydrogens is 268 g/mol. The first-order chi connectivity index (χ1) is 9.75. The first kappa shape index (κ1) is 13.7. The Morgan fingerprint density at radius 3 is 2.80 bits per heavy atom. The lowest BCUT2D eigenvalue weighted by Gasteiger charge is -2.21. The van der Waals surface area contributed by atoms with Gasteiger partial charge in [-0.1, -0.05) is 43.2 Å². The molecule has 0 N–H and O–H groups in total. The number of benzene rings is 1. The molecule has 0 amide bonds. The largest absolute Gasteiger partial charge is 0.290 e. The van der Waals surface area contributed by atoms with E-state index in [1.807, 2.05) is 31.3 Å². The number of hydrogen-bond acceptors (Lipinski definition) is 3. The molecule has 0 unspecified atom stereocenters. The third-order valence-electron chi connectivity index (χ3n) is 4.11. The second-order valence-corrected chi connectivity index (χ2v) is 6.58. The molecule has 3 nitrogen and oxygen atoms in total. The fourth-order valence-corrected chi connectivity index (χ4v) is 4.03. The van der Waals surface area contributed by atoms with Crippen LogP contribution >= 0.6 is 11.8 Å². The van der Waals surface area contributed by atoms with Crippen LogP contribution in [0.15, 0.2) is 34.2 Å². The highest BCUT2D eigenvalue weighted by Gasteiger charge is 2.15. The first-order valence-electron chi connectivity index (χ1n) is 7.34. The molecule has 0 spiro atoms. The molecule has 0 saturated heterocycles. The van der Waals surface area contributed by atoms with Gasteiger partial charge in [-0.3, -0.25) is 9.36 Å². The number of nitrogens with zero attached hydrogens (tertiary/aromatic N) is 2. The molecule has 1 aromatic carbocycles. The zero-order valence-electron chi connectivity index (χ0n) is 11.8. The van der Waals surface area contributed by atoms with Gasteiger partial charge in [0.05, 0.1) is 10.9 Å². The van der Waals surface area contributed by atoms with E-state index in [0.717, 1.165) is 22.3 Å². The minimum Gasteiger partial charge on any atom is -0.290 e. The van der Waals surface area contributed by atoms with E-state index in [-0.39, 0.29) is 5.56 Å². The fourth-order valence-electron chi connectivity index (χ4n) is 2.87. The Morgan fingerprint density at radius 2 is 2.00 bits per heavy atom. The summed E-state index contributed by atoms with van der Waals surface area (Å²) in [5, 5.41) is 1.55. The Hall–Kier alpha value is -1.29. The number of hydrogen-bond donors (Lipinski definition) is 0. The van der Waals surface area contributed by atoms with Crippen LogP contribution in [0.1, 0.15) is 32.1 Å². The normalized spacial score (nSPS) is 16.6. The van der Waals surface area contributed by atoms with Gasteiger partial charge in [-0.25, -0.2) is 4.98 Å². The SMILES string of the molecule is Cn1c(SCC2CCCCC2)nc2ccccc2c1=O. The van der Waals surface area contributed by atoms with E-state index in [4.69, 9.17) is 0 Å². The molecule has 1 aliphatic carbocycles. The van der Waals surface area contributed by atoms with Gasteiger partial charge in [0, 0.05) is 12.8 Å². The highest BCUT2D eigenvalue weighted by Crippen LogP contribution is 2.29. The van der Waals surface area contributed by atoms with Gasteiger partial charge in [-0.15, -0.1) is 0 Å². The third kappa shape index (κ3) is 2.75. The van der Waals surface area contributed by atoms with Crippen molar-refractivity contribution in [3.8, 4) is 0 Å². The summed E-state index contributed by atoms with van der Waals surface area (Å²) in [5.74, 6) is 1.87. The summed E-state index contributed by atoms with van der Waals surface area (Å²) in [6.07, 6.45) is 6.75. The summed E-state index contributed by atoms with van der Waals surface area (Å²) in [4.78, 5) is 17.0. The molecule has 20 heavy (non-hydrogen) atoms. The van der Waals surface area contributed by atoms with Crippen molar-refractivity contribution in [2.24, 2.45) is 13.0 Å². The van der Waals surface area contributed by atoms with Crippen molar-refractivity contribution in [3.05, 3.63) is 34.6 Å². The molecule has 1 saturated carbocycles. The van der Waals surface area contributed by atoms with Crippen LogP contribution in [-0.2, 0) is 7.05 Å². The van der Waals surface area contributed by atoms with Gasteiger partial charge in [0.1, 0.15) is 0 Å². The molecule has 0 radical (unpaired) electrons. The van der Waals surface area contributed by atoms with Gasteiger partial charge in [0.15, 0.2) is 5.16 Å². The molecule has 4 heteroatoms. The Morgan fingerprint density at radius 1 is 1.25 bits per heavy atom. The number of rotatable bonds is 3. The summed E-state index contributed by atoms with van der Waals surface area (Å²) in [5.41, 5.74) is 0.864. The van der Waals surface area contributed by atoms with Crippen molar-refractivity contribution >= 4 is 22.7 Å². The van der Waals surface area contributed by atoms with Crippen LogP contribution < -0.4 is 5.56 Å². The number of thioether (sulfide) groups is 1. The lowest BCUT2D eigenvalue weighted by Crippen LogP contribution is -2.20. The van der Waals surface area contributed by atoms with E-state index in [9.17, 15) is 4.79 Å². The van der Waals surface area contributed by atoms with E-state index in [1.54, 1.807) is 16.3 Å². The lowest BCUT2D eigenvalue weighted by molar-refractivity contribution is 0.390. The topological polar surface area (TPSA) is 34.9 Å². The van der Waals surface area contributed by atoms with Crippen molar-refractivity contribution in [2.45, 2.75) is 37.3 Å². The molecule has 3 rings (SSSR count). The second kappa shape index (κ2) is 6.00. The van der Waals surface area contributed by atoms with Crippen LogP contribution in [0, 0.1) is 5.92 Å². The van der Waals surface area contributed by atoms with Gasteiger partial charge < -0.3 is 0 Å². The maximum Gasteiger partial charge on any atom is 0.261 e. The maximum atomic E-state index is 12.3. The molecule has 106 valence electrons. The standard InChI is InChI=1S/C16H20N2OS/c1-18-15(19)13-9-5-6-10-14(13)17-16(18)20-11-12-7-3-2-4-8-12/h5-6,9-10,12H,2-4,7-8,11H2,1H3. The van der Waals surface area contributed by atoms with E-state index >= 15 is 0 Å². The van der Waals surface area contributed by atoms with Crippen LogP contribution in [0.5, 0.6) is 0 Å². The zero-order chi connectivity index (χ0) is 13.9. The highest BCUT2D eigenvalue weighted by atomic mass is 32.2. The van der Waals surface area contributed by atoms with Crippen molar-refractivity contribution < 1.29 is 0 Å². The highest BCUT2D eigenvalue weighted by molar-refractivity contribution is 7.99. The Bertz CT molecular complexity index is 659.